The third kappa shape index (κ3) is 4.63. The lowest BCUT2D eigenvalue weighted by Crippen LogP contribution is -2.52. The van der Waals surface area contributed by atoms with E-state index in [9.17, 15) is 19.5 Å². The van der Waals surface area contributed by atoms with Gasteiger partial charge >= 0.3 is 5.97 Å². The Morgan fingerprint density at radius 3 is 2.38 bits per heavy atom. The average molecular weight is 471 g/mol. The molecule has 0 saturated carbocycles. The number of amides is 2. The summed E-state index contributed by atoms with van der Waals surface area (Å²) in [5, 5.41) is 13.3. The van der Waals surface area contributed by atoms with Crippen molar-refractivity contribution in [1.29, 1.82) is 0 Å². The summed E-state index contributed by atoms with van der Waals surface area (Å²) in [5.41, 5.74) is 2.58. The van der Waals surface area contributed by atoms with Crippen LogP contribution in [0.2, 0.25) is 0 Å². The molecule has 3 rings (SSSR count). The minimum Gasteiger partial charge on any atom is -0.466 e. The van der Waals surface area contributed by atoms with E-state index < -0.39 is 35.8 Å². The second kappa shape index (κ2) is 10.7. The predicted octanol–water partition coefficient (Wildman–Crippen LogP) is 3.48. The maximum absolute atomic E-state index is 13.9. The molecular formula is C27H38N2O5. The molecule has 0 aromatic heterocycles. The molecule has 0 unspecified atom stereocenters. The minimum absolute atomic E-state index is 0.0213. The number of allylic oxidation sites excluding steroid dienone is 1. The number of anilines is 1. The fraction of sp³-hybridized carbons (Fsp3) is 0.593. The van der Waals surface area contributed by atoms with Crippen LogP contribution < -0.4 is 5.32 Å². The number of fused-ring (bicyclic) bond motifs is 1. The SMILES string of the molecule is CCOC(=O)[C@H]1[C@@H]2C(=O)N([C@@H](CO)[C@@H](C)CC)[C@H](C(=O)Nc3c(C)cccc3C)[C@H]2C=C[C@H]1C. The lowest BCUT2D eigenvalue weighted by Gasteiger charge is -2.36. The molecule has 7 atom stereocenters. The third-order valence-electron chi connectivity index (χ3n) is 7.61. The summed E-state index contributed by atoms with van der Waals surface area (Å²) in [6.45, 7) is 11.4. The number of aliphatic hydroxyl groups excluding tert-OH is 1. The maximum Gasteiger partial charge on any atom is 0.310 e. The Bertz CT molecular complexity index is 938. The van der Waals surface area contributed by atoms with Crippen LogP contribution in [0.4, 0.5) is 5.69 Å². The highest BCUT2D eigenvalue weighted by Crippen LogP contribution is 2.46. The van der Waals surface area contributed by atoms with Crippen molar-refractivity contribution >= 4 is 23.5 Å². The van der Waals surface area contributed by atoms with Crippen molar-refractivity contribution in [2.75, 3.05) is 18.5 Å². The highest BCUT2D eigenvalue weighted by molar-refractivity contribution is 6.02. The van der Waals surface area contributed by atoms with Crippen LogP contribution in [0.15, 0.2) is 30.4 Å². The molecule has 7 heteroatoms. The van der Waals surface area contributed by atoms with Gasteiger partial charge in [0.2, 0.25) is 11.8 Å². The molecule has 0 bridgehead atoms. The van der Waals surface area contributed by atoms with Gasteiger partial charge in [-0.3, -0.25) is 14.4 Å². The van der Waals surface area contributed by atoms with Crippen molar-refractivity contribution in [2.24, 2.45) is 29.6 Å². The van der Waals surface area contributed by atoms with Crippen LogP contribution in [-0.2, 0) is 19.1 Å². The van der Waals surface area contributed by atoms with Crippen molar-refractivity contribution in [3.8, 4) is 0 Å². The van der Waals surface area contributed by atoms with Crippen molar-refractivity contribution in [3.63, 3.8) is 0 Å². The number of hydrogen-bond donors (Lipinski definition) is 2. The molecule has 1 heterocycles. The van der Waals surface area contributed by atoms with Gasteiger partial charge in [-0.05, 0) is 43.7 Å². The lowest BCUT2D eigenvalue weighted by molar-refractivity contribution is -0.156. The van der Waals surface area contributed by atoms with Crippen LogP contribution in [0.25, 0.3) is 0 Å². The quantitative estimate of drug-likeness (QED) is 0.448. The first-order valence-electron chi connectivity index (χ1n) is 12.3. The van der Waals surface area contributed by atoms with Gasteiger partial charge in [0.25, 0.3) is 0 Å². The summed E-state index contributed by atoms with van der Waals surface area (Å²) in [4.78, 5) is 42.2. The van der Waals surface area contributed by atoms with E-state index >= 15 is 0 Å². The van der Waals surface area contributed by atoms with Crippen molar-refractivity contribution in [3.05, 3.63) is 41.5 Å². The first kappa shape index (κ1) is 25.9. The molecule has 1 aromatic rings. The molecule has 0 radical (unpaired) electrons. The second-order valence-corrected chi connectivity index (χ2v) is 9.71. The number of aliphatic hydroxyl groups is 1. The van der Waals surface area contributed by atoms with E-state index in [1.165, 1.54) is 0 Å². The summed E-state index contributed by atoms with van der Waals surface area (Å²) in [6.07, 6.45) is 4.56. The number of ether oxygens (including phenoxy) is 1. The van der Waals surface area contributed by atoms with Crippen LogP contribution in [0.5, 0.6) is 0 Å². The van der Waals surface area contributed by atoms with Crippen molar-refractivity contribution < 1.29 is 24.2 Å². The number of nitrogens with one attached hydrogen (secondary N) is 1. The number of para-hydroxylation sites is 1. The highest BCUT2D eigenvalue weighted by Gasteiger charge is 2.58. The van der Waals surface area contributed by atoms with E-state index in [1.54, 1.807) is 11.8 Å². The van der Waals surface area contributed by atoms with Crippen LogP contribution in [-0.4, -0.2) is 53.1 Å². The minimum atomic E-state index is -0.830. The number of esters is 1. The van der Waals surface area contributed by atoms with Gasteiger partial charge in [-0.25, -0.2) is 0 Å². The summed E-state index contributed by atoms with van der Waals surface area (Å²) >= 11 is 0. The van der Waals surface area contributed by atoms with Crippen LogP contribution >= 0.6 is 0 Å². The highest BCUT2D eigenvalue weighted by atomic mass is 16.5. The molecule has 0 spiro atoms. The Labute approximate surface area is 202 Å². The largest absolute Gasteiger partial charge is 0.466 e. The number of benzene rings is 1. The average Bonchev–Trinajstić information content (AvgIpc) is 3.09. The van der Waals surface area contributed by atoms with Gasteiger partial charge in [-0.15, -0.1) is 0 Å². The smallest absolute Gasteiger partial charge is 0.310 e. The normalized spacial score (nSPS) is 27.8. The molecule has 7 nitrogen and oxygen atoms in total. The number of rotatable bonds is 8. The van der Waals surface area contributed by atoms with Gasteiger partial charge in [0.05, 0.1) is 31.1 Å². The Kier molecular flexibility index (Phi) is 8.18. The van der Waals surface area contributed by atoms with Crippen LogP contribution in [0, 0.1) is 43.4 Å². The Morgan fingerprint density at radius 2 is 1.82 bits per heavy atom. The molecule has 2 amide bonds. The molecule has 1 fully saturated rings. The second-order valence-electron chi connectivity index (χ2n) is 9.71. The van der Waals surface area contributed by atoms with Gasteiger partial charge in [0.15, 0.2) is 0 Å². The Morgan fingerprint density at radius 1 is 1.18 bits per heavy atom. The van der Waals surface area contributed by atoms with E-state index in [4.69, 9.17) is 4.74 Å². The first-order chi connectivity index (χ1) is 16.2. The fourth-order valence-corrected chi connectivity index (χ4v) is 5.52. The molecule has 2 aliphatic rings. The topological polar surface area (TPSA) is 95.9 Å². The lowest BCUT2D eigenvalue weighted by atomic mass is 9.70. The van der Waals surface area contributed by atoms with Gasteiger partial charge in [-0.1, -0.05) is 57.5 Å². The molecule has 1 aromatic carbocycles. The van der Waals surface area contributed by atoms with E-state index in [-0.39, 0.29) is 36.9 Å². The van der Waals surface area contributed by atoms with Gasteiger partial charge in [0, 0.05) is 11.6 Å². The molecule has 2 N–H and O–H groups in total. The van der Waals surface area contributed by atoms with Crippen molar-refractivity contribution in [1.82, 2.24) is 4.90 Å². The van der Waals surface area contributed by atoms with Gasteiger partial charge in [0.1, 0.15) is 6.04 Å². The summed E-state index contributed by atoms with van der Waals surface area (Å²) in [6, 6.07) is 4.43. The number of carbonyl (C=O) groups excluding carboxylic acids is 3. The van der Waals surface area contributed by atoms with E-state index in [2.05, 4.69) is 5.32 Å². The summed E-state index contributed by atoms with van der Waals surface area (Å²) in [7, 11) is 0. The number of hydrogen-bond acceptors (Lipinski definition) is 5. The summed E-state index contributed by atoms with van der Waals surface area (Å²) < 4.78 is 5.33. The molecule has 1 saturated heterocycles. The predicted molar refractivity (Wildman–Crippen MR) is 131 cm³/mol. The Hall–Kier alpha value is -2.67. The molecule has 1 aliphatic carbocycles. The van der Waals surface area contributed by atoms with E-state index in [1.807, 2.05) is 65.0 Å². The Balaban J connectivity index is 2.08. The summed E-state index contributed by atoms with van der Waals surface area (Å²) in [5.74, 6) is -3.05. The molecule has 1 aliphatic heterocycles. The first-order valence-corrected chi connectivity index (χ1v) is 12.3. The number of nitrogens with zero attached hydrogens (tertiary/aromatic N) is 1. The van der Waals surface area contributed by atoms with E-state index in [0.29, 0.717) is 0 Å². The molecular weight excluding hydrogens is 432 g/mol. The van der Waals surface area contributed by atoms with Crippen LogP contribution in [0.1, 0.15) is 45.2 Å². The molecule has 34 heavy (non-hydrogen) atoms. The zero-order valence-electron chi connectivity index (χ0n) is 21.1. The zero-order valence-corrected chi connectivity index (χ0v) is 21.1. The van der Waals surface area contributed by atoms with Crippen molar-refractivity contribution in [2.45, 2.75) is 60.0 Å². The zero-order chi connectivity index (χ0) is 25.2. The number of aryl methyl sites for hydroxylation is 2. The standard InChI is InChI=1S/C27H38N2O5/c1-7-15(3)20(14-30)29-24(25(31)28-23-17(5)10-9-11-18(23)6)19-13-12-16(4)21(22(19)26(29)32)27(33)34-8-2/h9-13,15-16,19-22,24,30H,7-8,14H2,1-6H3,(H,28,31)/t15-,16+,19-,20-,21+,22+,24-/m0/s1. The van der Waals surface area contributed by atoms with Gasteiger partial charge < -0.3 is 20.1 Å². The van der Waals surface area contributed by atoms with Crippen LogP contribution in [0.3, 0.4) is 0 Å². The number of carbonyl (C=O) groups is 3. The monoisotopic (exact) mass is 470 g/mol. The van der Waals surface area contributed by atoms with E-state index in [0.717, 1.165) is 23.2 Å². The fourth-order valence-electron chi connectivity index (χ4n) is 5.52. The number of likely N-dealkylation sites (tertiary alicyclic amines) is 1. The molecule has 186 valence electrons. The van der Waals surface area contributed by atoms with Gasteiger partial charge in [-0.2, -0.15) is 0 Å². The maximum atomic E-state index is 13.9. The third-order valence-corrected chi connectivity index (χ3v) is 7.61.